The van der Waals surface area contributed by atoms with Crippen molar-refractivity contribution in [3.63, 3.8) is 0 Å². The van der Waals surface area contributed by atoms with Crippen molar-refractivity contribution in [3.8, 4) is 0 Å². The molecule has 0 aliphatic rings. The van der Waals surface area contributed by atoms with E-state index in [0.29, 0.717) is 6.04 Å². The predicted molar refractivity (Wildman–Crippen MR) is 57.3 cm³/mol. The summed E-state index contributed by atoms with van der Waals surface area (Å²) < 4.78 is 1.70. The number of hydrogen-bond acceptors (Lipinski definition) is 5. The second kappa shape index (κ2) is 5.98. The molecule has 0 spiro atoms. The second-order valence-corrected chi connectivity index (χ2v) is 4.24. The summed E-state index contributed by atoms with van der Waals surface area (Å²) in [7, 11) is 1.86. The van der Waals surface area contributed by atoms with Crippen LogP contribution in [0.3, 0.4) is 0 Å². The lowest BCUT2D eigenvalue weighted by Crippen LogP contribution is -2.25. The van der Waals surface area contributed by atoms with Crippen molar-refractivity contribution < 1.29 is 0 Å². The van der Waals surface area contributed by atoms with Gasteiger partial charge in [-0.25, -0.2) is 4.68 Å². The van der Waals surface area contributed by atoms with E-state index in [1.165, 1.54) is 0 Å². The van der Waals surface area contributed by atoms with Gasteiger partial charge in [0.2, 0.25) is 5.16 Å². The summed E-state index contributed by atoms with van der Waals surface area (Å²) in [4.78, 5) is 0. The number of hydrogen-bond donors (Lipinski definition) is 1. The monoisotopic (exact) mass is 215 g/mol. The third-order valence-electron chi connectivity index (χ3n) is 1.92. The van der Waals surface area contributed by atoms with Gasteiger partial charge in [-0.15, -0.1) is 5.10 Å². The number of nitrogens with one attached hydrogen (secondary N) is 1. The van der Waals surface area contributed by atoms with E-state index in [-0.39, 0.29) is 0 Å². The zero-order valence-corrected chi connectivity index (χ0v) is 9.71. The molecule has 0 fully saturated rings. The van der Waals surface area contributed by atoms with Crippen molar-refractivity contribution in [2.45, 2.75) is 31.5 Å². The highest BCUT2D eigenvalue weighted by Crippen LogP contribution is 2.14. The first-order valence-corrected chi connectivity index (χ1v) is 5.81. The minimum atomic E-state index is 0.564. The van der Waals surface area contributed by atoms with Gasteiger partial charge in [0.25, 0.3) is 0 Å². The largest absolute Gasteiger partial charge is 0.315 e. The molecule has 0 saturated carbocycles. The molecule has 80 valence electrons. The molecule has 5 nitrogen and oxygen atoms in total. The van der Waals surface area contributed by atoms with Gasteiger partial charge in [-0.05, 0) is 30.3 Å². The SMILES string of the molecule is CCNC(C)CCSc1nnnn1C. The van der Waals surface area contributed by atoms with Crippen molar-refractivity contribution in [2.24, 2.45) is 7.05 Å². The van der Waals surface area contributed by atoms with Crippen molar-refractivity contribution in [3.05, 3.63) is 0 Å². The zero-order chi connectivity index (χ0) is 10.4. The van der Waals surface area contributed by atoms with Gasteiger partial charge in [0, 0.05) is 18.8 Å². The second-order valence-electron chi connectivity index (χ2n) is 3.18. The summed E-state index contributed by atoms with van der Waals surface area (Å²) in [6, 6.07) is 0.564. The number of aryl methyl sites for hydroxylation is 1. The molecule has 0 aliphatic heterocycles. The van der Waals surface area contributed by atoms with Gasteiger partial charge in [0.05, 0.1) is 0 Å². The molecular formula is C8H17N5S. The Balaban J connectivity index is 2.19. The van der Waals surface area contributed by atoms with Gasteiger partial charge in [-0.2, -0.15) is 0 Å². The molecule has 1 heterocycles. The molecule has 1 N–H and O–H groups in total. The van der Waals surface area contributed by atoms with Crippen LogP contribution in [0.4, 0.5) is 0 Å². The maximum atomic E-state index is 3.90. The molecule has 14 heavy (non-hydrogen) atoms. The molecule has 0 aromatic carbocycles. The molecule has 1 rings (SSSR count). The fourth-order valence-corrected chi connectivity index (χ4v) is 2.09. The number of thioether (sulfide) groups is 1. The van der Waals surface area contributed by atoms with E-state index in [1.807, 2.05) is 7.05 Å². The Bertz CT molecular complexity index is 262. The molecular weight excluding hydrogens is 198 g/mol. The Hall–Kier alpha value is -0.620. The van der Waals surface area contributed by atoms with Crippen LogP contribution in [0.15, 0.2) is 5.16 Å². The lowest BCUT2D eigenvalue weighted by molar-refractivity contribution is 0.556. The summed E-state index contributed by atoms with van der Waals surface area (Å²) in [6.07, 6.45) is 1.13. The maximum Gasteiger partial charge on any atom is 0.209 e. The van der Waals surface area contributed by atoms with Crippen molar-refractivity contribution in [1.82, 2.24) is 25.5 Å². The summed E-state index contributed by atoms with van der Waals surface area (Å²) in [5.74, 6) is 1.04. The van der Waals surface area contributed by atoms with Gasteiger partial charge in [0.15, 0.2) is 0 Å². The Kier molecular flexibility index (Phi) is 4.89. The van der Waals surface area contributed by atoms with E-state index in [1.54, 1.807) is 16.4 Å². The molecule has 0 radical (unpaired) electrons. The predicted octanol–water partition coefficient (Wildman–Crippen LogP) is 0.690. The highest BCUT2D eigenvalue weighted by molar-refractivity contribution is 7.99. The summed E-state index contributed by atoms with van der Waals surface area (Å²) in [5.41, 5.74) is 0. The lowest BCUT2D eigenvalue weighted by atomic mass is 10.3. The topological polar surface area (TPSA) is 55.6 Å². The van der Waals surface area contributed by atoms with Gasteiger partial charge >= 0.3 is 0 Å². The average molecular weight is 215 g/mol. The van der Waals surface area contributed by atoms with Gasteiger partial charge in [-0.1, -0.05) is 18.7 Å². The van der Waals surface area contributed by atoms with Crippen molar-refractivity contribution in [1.29, 1.82) is 0 Å². The fraction of sp³-hybridized carbons (Fsp3) is 0.875. The maximum absolute atomic E-state index is 3.90. The molecule has 1 atom stereocenters. The number of tetrazole rings is 1. The van der Waals surface area contributed by atoms with Crippen LogP contribution in [0.5, 0.6) is 0 Å². The lowest BCUT2D eigenvalue weighted by Gasteiger charge is -2.10. The van der Waals surface area contributed by atoms with Crippen LogP contribution < -0.4 is 5.32 Å². The highest BCUT2D eigenvalue weighted by Gasteiger charge is 2.04. The van der Waals surface area contributed by atoms with Crippen LogP contribution >= 0.6 is 11.8 Å². The van der Waals surface area contributed by atoms with E-state index in [2.05, 4.69) is 34.7 Å². The molecule has 6 heteroatoms. The minimum absolute atomic E-state index is 0.564. The average Bonchev–Trinajstić information content (AvgIpc) is 2.52. The number of aromatic nitrogens is 4. The van der Waals surface area contributed by atoms with Crippen LogP contribution in [0, 0.1) is 0 Å². The Morgan fingerprint density at radius 2 is 2.36 bits per heavy atom. The first-order chi connectivity index (χ1) is 6.74. The van der Waals surface area contributed by atoms with Gasteiger partial charge < -0.3 is 5.32 Å². The number of nitrogens with zero attached hydrogens (tertiary/aromatic N) is 4. The van der Waals surface area contributed by atoms with Gasteiger partial charge in [0.1, 0.15) is 0 Å². The summed E-state index contributed by atoms with van der Waals surface area (Å²) in [5, 5.41) is 15.5. The first-order valence-electron chi connectivity index (χ1n) is 4.82. The van der Waals surface area contributed by atoms with Crippen LogP contribution in [0.25, 0.3) is 0 Å². The molecule has 1 unspecified atom stereocenters. The fourth-order valence-electron chi connectivity index (χ4n) is 1.12. The molecule has 0 amide bonds. The van der Waals surface area contributed by atoms with E-state index in [0.717, 1.165) is 23.9 Å². The summed E-state index contributed by atoms with van der Waals surface area (Å²) >= 11 is 1.69. The quantitative estimate of drug-likeness (QED) is 0.708. The van der Waals surface area contributed by atoms with Crippen molar-refractivity contribution >= 4 is 11.8 Å². The van der Waals surface area contributed by atoms with E-state index in [4.69, 9.17) is 0 Å². The van der Waals surface area contributed by atoms with E-state index < -0.39 is 0 Å². The first kappa shape index (κ1) is 11.5. The normalized spacial score (nSPS) is 13.1. The van der Waals surface area contributed by atoms with E-state index in [9.17, 15) is 0 Å². The highest BCUT2D eigenvalue weighted by atomic mass is 32.2. The number of rotatable bonds is 6. The zero-order valence-electron chi connectivity index (χ0n) is 8.90. The standard InChI is InChI=1S/C8H17N5S/c1-4-9-7(2)5-6-14-8-10-11-12-13(8)3/h7,9H,4-6H2,1-3H3. The van der Waals surface area contributed by atoms with Gasteiger partial charge in [-0.3, -0.25) is 0 Å². The Morgan fingerprint density at radius 3 is 2.93 bits per heavy atom. The minimum Gasteiger partial charge on any atom is -0.315 e. The third-order valence-corrected chi connectivity index (χ3v) is 2.96. The van der Waals surface area contributed by atoms with Crippen LogP contribution in [-0.2, 0) is 7.05 Å². The summed E-state index contributed by atoms with van der Waals surface area (Å²) in [6.45, 7) is 5.34. The van der Waals surface area contributed by atoms with Crippen LogP contribution in [-0.4, -0.2) is 38.5 Å². The molecule has 1 aromatic rings. The van der Waals surface area contributed by atoms with Crippen LogP contribution in [0.2, 0.25) is 0 Å². The van der Waals surface area contributed by atoms with E-state index >= 15 is 0 Å². The molecule has 0 bridgehead atoms. The smallest absolute Gasteiger partial charge is 0.209 e. The van der Waals surface area contributed by atoms with Crippen LogP contribution in [0.1, 0.15) is 20.3 Å². The van der Waals surface area contributed by atoms with Crippen molar-refractivity contribution in [2.75, 3.05) is 12.3 Å². The Morgan fingerprint density at radius 1 is 1.57 bits per heavy atom. The Labute approximate surface area is 88.6 Å². The third kappa shape index (κ3) is 3.63. The molecule has 0 aliphatic carbocycles. The molecule has 1 aromatic heterocycles. The molecule has 0 saturated heterocycles.